The highest BCUT2D eigenvalue weighted by molar-refractivity contribution is 6.30. The number of urea groups is 1. The number of amides is 2. The van der Waals surface area contributed by atoms with Crippen molar-refractivity contribution in [1.82, 2.24) is 10.6 Å². The van der Waals surface area contributed by atoms with E-state index in [4.69, 9.17) is 21.1 Å². The minimum atomic E-state index is -0.660. The van der Waals surface area contributed by atoms with E-state index in [1.807, 2.05) is 0 Å². The van der Waals surface area contributed by atoms with Crippen LogP contribution in [0.25, 0.3) is 5.70 Å². The minimum absolute atomic E-state index is 0.222. The Morgan fingerprint density at radius 3 is 2.37 bits per heavy atom. The fourth-order valence-corrected chi connectivity index (χ4v) is 3.01. The summed E-state index contributed by atoms with van der Waals surface area (Å²) in [6.07, 6.45) is 0. The van der Waals surface area contributed by atoms with E-state index in [0.717, 1.165) is 5.56 Å². The number of nitrogens with one attached hydrogen (secondary N) is 2. The molecule has 2 N–H and O–H groups in total. The largest absolute Gasteiger partial charge is 0.497 e. The molecule has 2 aromatic carbocycles. The van der Waals surface area contributed by atoms with Crippen molar-refractivity contribution in [2.75, 3.05) is 13.7 Å². The summed E-state index contributed by atoms with van der Waals surface area (Å²) >= 11 is 5.97. The fraction of sp³-hybridized carbons (Fsp3) is 0.200. The Hall–Kier alpha value is -2.99. The molecule has 0 aromatic heterocycles. The summed E-state index contributed by atoms with van der Waals surface area (Å²) in [4.78, 5) is 25.0. The van der Waals surface area contributed by atoms with Crippen LogP contribution in [-0.4, -0.2) is 25.7 Å². The van der Waals surface area contributed by atoms with E-state index in [1.165, 1.54) is 0 Å². The molecule has 0 saturated heterocycles. The van der Waals surface area contributed by atoms with E-state index < -0.39 is 18.0 Å². The lowest BCUT2D eigenvalue weighted by Gasteiger charge is -2.29. The Morgan fingerprint density at radius 1 is 1.11 bits per heavy atom. The number of carbonyl (C=O) groups is 2. The summed E-state index contributed by atoms with van der Waals surface area (Å²) < 4.78 is 10.4. The molecule has 140 valence electrons. The smallest absolute Gasteiger partial charge is 0.338 e. The molecule has 2 amide bonds. The molecule has 0 saturated carbocycles. The number of esters is 1. The van der Waals surface area contributed by atoms with E-state index in [1.54, 1.807) is 62.6 Å². The second-order valence-electron chi connectivity index (χ2n) is 5.82. The third-order valence-electron chi connectivity index (χ3n) is 4.15. The Kier molecular flexibility index (Phi) is 5.66. The van der Waals surface area contributed by atoms with Crippen molar-refractivity contribution in [2.45, 2.75) is 13.0 Å². The Bertz CT molecular complexity index is 876. The lowest BCUT2D eigenvalue weighted by Crippen LogP contribution is -2.45. The highest BCUT2D eigenvalue weighted by Crippen LogP contribution is 2.33. The van der Waals surface area contributed by atoms with Crippen LogP contribution in [0.3, 0.4) is 0 Å². The SMILES string of the molecule is CCOC(=O)C1=C(c2ccc(OC)cc2)NC(=O)N[C@H]1c1ccc(Cl)cc1. The second-order valence-corrected chi connectivity index (χ2v) is 6.26. The average Bonchev–Trinajstić information content (AvgIpc) is 2.68. The van der Waals surface area contributed by atoms with Crippen LogP contribution in [0.5, 0.6) is 5.75 Å². The maximum Gasteiger partial charge on any atom is 0.338 e. The zero-order valence-electron chi connectivity index (χ0n) is 14.9. The number of benzene rings is 2. The summed E-state index contributed by atoms with van der Waals surface area (Å²) in [6, 6.07) is 13.0. The van der Waals surface area contributed by atoms with Crippen LogP contribution in [0.2, 0.25) is 5.02 Å². The maximum absolute atomic E-state index is 12.7. The average molecular weight is 387 g/mol. The predicted octanol–water partition coefficient (Wildman–Crippen LogP) is 3.68. The first-order valence-corrected chi connectivity index (χ1v) is 8.80. The van der Waals surface area contributed by atoms with E-state index in [9.17, 15) is 9.59 Å². The molecule has 6 nitrogen and oxygen atoms in total. The second kappa shape index (κ2) is 8.14. The monoisotopic (exact) mass is 386 g/mol. The molecule has 0 spiro atoms. The normalized spacial score (nSPS) is 16.4. The topological polar surface area (TPSA) is 76.7 Å². The third-order valence-corrected chi connectivity index (χ3v) is 4.40. The van der Waals surface area contributed by atoms with Crippen molar-refractivity contribution in [2.24, 2.45) is 0 Å². The number of carbonyl (C=O) groups excluding carboxylic acids is 2. The number of hydrogen-bond donors (Lipinski definition) is 2. The van der Waals surface area contributed by atoms with Gasteiger partial charge in [0, 0.05) is 5.02 Å². The molecule has 0 unspecified atom stereocenters. The molecule has 0 bridgehead atoms. The van der Waals surface area contributed by atoms with E-state index in [0.29, 0.717) is 27.6 Å². The van der Waals surface area contributed by atoms with Gasteiger partial charge in [-0.25, -0.2) is 9.59 Å². The first kappa shape index (κ1) is 18.8. The van der Waals surface area contributed by atoms with Crippen LogP contribution in [0, 0.1) is 0 Å². The summed E-state index contributed by atoms with van der Waals surface area (Å²) in [5.74, 6) is 0.169. The minimum Gasteiger partial charge on any atom is -0.497 e. The zero-order chi connectivity index (χ0) is 19.4. The Morgan fingerprint density at radius 2 is 1.78 bits per heavy atom. The van der Waals surface area contributed by atoms with Gasteiger partial charge in [0.25, 0.3) is 0 Å². The molecular formula is C20H19ClN2O4. The molecule has 1 atom stereocenters. The quantitative estimate of drug-likeness (QED) is 0.768. The van der Waals surface area contributed by atoms with Gasteiger partial charge in [0.1, 0.15) is 5.75 Å². The van der Waals surface area contributed by atoms with Crippen molar-refractivity contribution >= 4 is 29.3 Å². The Labute approximate surface area is 162 Å². The number of halogens is 1. The summed E-state index contributed by atoms with van der Waals surface area (Å²) in [7, 11) is 1.57. The molecule has 1 aliphatic heterocycles. The number of ether oxygens (including phenoxy) is 2. The van der Waals surface area contributed by atoms with Crippen molar-refractivity contribution < 1.29 is 19.1 Å². The van der Waals surface area contributed by atoms with Gasteiger partial charge in [0.15, 0.2) is 0 Å². The predicted molar refractivity (Wildman–Crippen MR) is 102 cm³/mol. The van der Waals surface area contributed by atoms with Gasteiger partial charge in [0.05, 0.1) is 31.0 Å². The summed E-state index contributed by atoms with van der Waals surface area (Å²) in [5, 5.41) is 6.09. The summed E-state index contributed by atoms with van der Waals surface area (Å²) in [5.41, 5.74) is 2.12. The van der Waals surface area contributed by atoms with Crippen molar-refractivity contribution in [3.8, 4) is 5.75 Å². The molecule has 7 heteroatoms. The first-order valence-electron chi connectivity index (χ1n) is 8.42. The van der Waals surface area contributed by atoms with Crippen LogP contribution in [0.1, 0.15) is 24.1 Å². The third kappa shape index (κ3) is 4.06. The van der Waals surface area contributed by atoms with Gasteiger partial charge in [-0.15, -0.1) is 0 Å². The number of hydrogen-bond acceptors (Lipinski definition) is 4. The maximum atomic E-state index is 12.7. The standard InChI is InChI=1S/C20H19ClN2O4/c1-3-27-19(24)16-17(12-4-8-14(21)9-5-12)22-20(25)23-18(16)13-6-10-15(26-2)11-7-13/h4-11,17H,3H2,1-2H3,(H2,22,23,25)/t17-/m0/s1. The van der Waals surface area contributed by atoms with Gasteiger partial charge in [-0.05, 0) is 54.4 Å². The van der Waals surface area contributed by atoms with Gasteiger partial charge in [-0.3, -0.25) is 0 Å². The van der Waals surface area contributed by atoms with Gasteiger partial charge < -0.3 is 20.1 Å². The van der Waals surface area contributed by atoms with Crippen molar-refractivity contribution in [3.63, 3.8) is 0 Å². The molecule has 27 heavy (non-hydrogen) atoms. The van der Waals surface area contributed by atoms with Crippen LogP contribution in [0.15, 0.2) is 54.1 Å². The highest BCUT2D eigenvalue weighted by Gasteiger charge is 2.34. The van der Waals surface area contributed by atoms with Gasteiger partial charge in [-0.2, -0.15) is 0 Å². The molecule has 1 heterocycles. The lowest BCUT2D eigenvalue weighted by atomic mass is 9.92. The molecule has 3 rings (SSSR count). The molecule has 2 aromatic rings. The van der Waals surface area contributed by atoms with E-state index >= 15 is 0 Å². The molecule has 0 fully saturated rings. The van der Waals surface area contributed by atoms with Crippen LogP contribution >= 0.6 is 11.6 Å². The molecule has 1 aliphatic rings. The summed E-state index contributed by atoms with van der Waals surface area (Å²) in [6.45, 7) is 1.96. The molecule has 0 radical (unpaired) electrons. The van der Waals surface area contributed by atoms with Gasteiger partial charge in [0.2, 0.25) is 0 Å². The molecular weight excluding hydrogens is 368 g/mol. The Balaban J connectivity index is 2.14. The van der Waals surface area contributed by atoms with Crippen LogP contribution in [-0.2, 0) is 9.53 Å². The fourth-order valence-electron chi connectivity index (χ4n) is 2.88. The van der Waals surface area contributed by atoms with Gasteiger partial charge in [-0.1, -0.05) is 23.7 Å². The van der Waals surface area contributed by atoms with Crippen LogP contribution in [0.4, 0.5) is 4.79 Å². The number of rotatable bonds is 5. The first-order chi connectivity index (χ1) is 13.0. The van der Waals surface area contributed by atoms with Crippen molar-refractivity contribution in [1.29, 1.82) is 0 Å². The van der Waals surface area contributed by atoms with E-state index in [2.05, 4.69) is 10.6 Å². The zero-order valence-corrected chi connectivity index (χ0v) is 15.7. The van der Waals surface area contributed by atoms with E-state index in [-0.39, 0.29) is 6.61 Å². The van der Waals surface area contributed by atoms with Gasteiger partial charge >= 0.3 is 12.0 Å². The molecule has 0 aliphatic carbocycles. The lowest BCUT2D eigenvalue weighted by molar-refractivity contribution is -0.138. The number of methoxy groups -OCH3 is 1. The highest BCUT2D eigenvalue weighted by atomic mass is 35.5. The van der Waals surface area contributed by atoms with Crippen molar-refractivity contribution in [3.05, 3.63) is 70.3 Å². The van der Waals surface area contributed by atoms with Crippen LogP contribution < -0.4 is 15.4 Å².